The maximum atomic E-state index is 11.2. The molecule has 0 aliphatic carbocycles. The lowest BCUT2D eigenvalue weighted by molar-refractivity contribution is -0.0636. The molecule has 0 radical (unpaired) electrons. The number of piperidine rings is 1. The van der Waals surface area contributed by atoms with Crippen molar-refractivity contribution in [2.75, 3.05) is 0 Å². The van der Waals surface area contributed by atoms with Gasteiger partial charge in [0.15, 0.2) is 0 Å². The molecule has 4 atom stereocenters. The fourth-order valence-corrected chi connectivity index (χ4v) is 3.99. The highest BCUT2D eigenvalue weighted by atomic mass is 16.3. The molecule has 1 aliphatic heterocycles. The number of hydrogen-bond donors (Lipinski definition) is 2. The smallest absolute Gasteiger partial charge is 0.0684 e. The summed E-state index contributed by atoms with van der Waals surface area (Å²) in [5.41, 5.74) is 1.86. The number of nitrogens with one attached hydrogen (secondary N) is 1. The molecule has 0 amide bonds. The van der Waals surface area contributed by atoms with E-state index in [1.54, 1.807) is 0 Å². The Balaban J connectivity index is 1.95. The molecular weight excluding hydrogens is 282 g/mol. The van der Waals surface area contributed by atoms with Crippen molar-refractivity contribution in [3.8, 4) is 0 Å². The molecule has 2 aromatic carbocycles. The molecule has 0 aromatic heterocycles. The predicted molar refractivity (Wildman–Crippen MR) is 95.1 cm³/mol. The Labute approximate surface area is 139 Å². The fraction of sp³-hybridized carbons (Fsp3) is 0.429. The van der Waals surface area contributed by atoms with Crippen molar-refractivity contribution in [1.29, 1.82) is 0 Å². The van der Waals surface area contributed by atoms with Crippen LogP contribution in [0.3, 0.4) is 0 Å². The predicted octanol–water partition coefficient (Wildman–Crippen LogP) is 4.63. The van der Waals surface area contributed by atoms with Crippen molar-refractivity contribution >= 4 is 0 Å². The van der Waals surface area contributed by atoms with Gasteiger partial charge in [0.25, 0.3) is 0 Å². The van der Waals surface area contributed by atoms with Gasteiger partial charge < -0.3 is 10.4 Å². The van der Waals surface area contributed by atoms with Crippen LogP contribution in [0.2, 0.25) is 0 Å². The van der Waals surface area contributed by atoms with E-state index in [9.17, 15) is 5.11 Å². The quantitative estimate of drug-likeness (QED) is 0.863. The Kier molecular flexibility index (Phi) is 4.84. The lowest BCUT2D eigenvalue weighted by Gasteiger charge is -2.47. The van der Waals surface area contributed by atoms with Gasteiger partial charge in [-0.3, -0.25) is 0 Å². The molecule has 0 bridgehead atoms. The number of rotatable bonds is 4. The van der Waals surface area contributed by atoms with E-state index in [0.29, 0.717) is 0 Å². The largest absolute Gasteiger partial charge is 0.390 e. The summed E-state index contributed by atoms with van der Waals surface area (Å²) in [5, 5.41) is 15.0. The third-order valence-corrected chi connectivity index (χ3v) is 5.16. The lowest BCUT2D eigenvalue weighted by atomic mass is 9.70. The highest BCUT2D eigenvalue weighted by Crippen LogP contribution is 2.44. The summed E-state index contributed by atoms with van der Waals surface area (Å²) in [5.74, 6) is 0.231. The Morgan fingerprint density at radius 3 is 2.13 bits per heavy atom. The van der Waals surface area contributed by atoms with Crippen molar-refractivity contribution in [3.63, 3.8) is 0 Å². The van der Waals surface area contributed by atoms with Gasteiger partial charge in [-0.15, -0.1) is 0 Å². The summed E-state index contributed by atoms with van der Waals surface area (Å²) in [6.07, 6.45) is 2.87. The van der Waals surface area contributed by atoms with E-state index in [0.717, 1.165) is 19.3 Å². The second-order valence-corrected chi connectivity index (χ2v) is 6.97. The van der Waals surface area contributed by atoms with Gasteiger partial charge in [-0.2, -0.15) is 0 Å². The van der Waals surface area contributed by atoms with Gasteiger partial charge in [-0.25, -0.2) is 0 Å². The van der Waals surface area contributed by atoms with Crippen LogP contribution in [0, 0.1) is 5.92 Å². The summed E-state index contributed by atoms with van der Waals surface area (Å²) in [6, 6.07) is 21.4. The molecule has 1 heterocycles. The summed E-state index contributed by atoms with van der Waals surface area (Å²) < 4.78 is 0. The third kappa shape index (κ3) is 3.49. The number of aliphatic hydroxyl groups is 1. The first kappa shape index (κ1) is 16.2. The molecule has 0 saturated carbocycles. The van der Waals surface area contributed by atoms with Gasteiger partial charge in [0.05, 0.1) is 5.60 Å². The fourth-order valence-electron chi connectivity index (χ4n) is 3.99. The second-order valence-electron chi connectivity index (χ2n) is 6.97. The first-order valence-electron chi connectivity index (χ1n) is 8.70. The summed E-state index contributed by atoms with van der Waals surface area (Å²) in [7, 11) is 0. The van der Waals surface area contributed by atoms with Gasteiger partial charge in [-0.1, -0.05) is 74.0 Å². The van der Waals surface area contributed by atoms with E-state index in [2.05, 4.69) is 60.8 Å². The molecule has 3 rings (SSSR count). The Morgan fingerprint density at radius 1 is 1.00 bits per heavy atom. The lowest BCUT2D eigenvalue weighted by Crippen LogP contribution is -2.51. The number of hydrogen-bond acceptors (Lipinski definition) is 2. The summed E-state index contributed by atoms with van der Waals surface area (Å²) in [4.78, 5) is 0. The maximum absolute atomic E-state index is 11.2. The van der Waals surface area contributed by atoms with Crippen molar-refractivity contribution in [1.82, 2.24) is 5.32 Å². The van der Waals surface area contributed by atoms with Gasteiger partial charge in [-0.05, 0) is 30.9 Å². The minimum Gasteiger partial charge on any atom is -0.390 e. The van der Waals surface area contributed by atoms with Crippen molar-refractivity contribution in [3.05, 3.63) is 71.8 Å². The topological polar surface area (TPSA) is 32.3 Å². The molecule has 2 N–H and O–H groups in total. The van der Waals surface area contributed by atoms with Crippen LogP contribution in [0.15, 0.2) is 60.7 Å². The van der Waals surface area contributed by atoms with Crippen LogP contribution in [0.1, 0.15) is 56.3 Å². The molecule has 0 unspecified atom stereocenters. The molecule has 2 heteroatoms. The minimum atomic E-state index is -0.664. The summed E-state index contributed by atoms with van der Waals surface area (Å²) >= 11 is 0. The van der Waals surface area contributed by atoms with Crippen LogP contribution < -0.4 is 5.32 Å². The number of benzene rings is 2. The van der Waals surface area contributed by atoms with E-state index in [1.165, 1.54) is 11.1 Å². The molecular formula is C21H27NO. The molecule has 23 heavy (non-hydrogen) atoms. The highest BCUT2D eigenvalue weighted by Gasteiger charge is 2.44. The summed E-state index contributed by atoms with van der Waals surface area (Å²) in [6.45, 7) is 4.21. The zero-order chi connectivity index (χ0) is 16.3. The first-order chi connectivity index (χ1) is 11.1. The van der Waals surface area contributed by atoms with Crippen molar-refractivity contribution in [2.24, 2.45) is 5.92 Å². The van der Waals surface area contributed by atoms with Gasteiger partial charge in [0, 0.05) is 18.0 Å². The van der Waals surface area contributed by atoms with Crippen molar-refractivity contribution < 1.29 is 5.11 Å². The average molecular weight is 309 g/mol. The van der Waals surface area contributed by atoms with E-state index in [4.69, 9.17) is 0 Å². The molecule has 0 spiro atoms. The second kappa shape index (κ2) is 6.86. The molecule has 1 fully saturated rings. The molecule has 1 aliphatic rings. The van der Waals surface area contributed by atoms with Crippen LogP contribution in [-0.2, 0) is 0 Å². The Bertz CT molecular complexity index is 608. The molecule has 2 aromatic rings. The maximum Gasteiger partial charge on any atom is 0.0684 e. The zero-order valence-electron chi connectivity index (χ0n) is 14.1. The van der Waals surface area contributed by atoms with E-state index in [1.807, 2.05) is 19.1 Å². The standard InChI is InChI=1S/C21H27NO/c1-3-10-18-20(17-13-8-5-9-14-17)22-19(15-21(18,2)23)16-11-6-4-7-12-16/h4-9,11-14,18-20,22-23H,3,10,15H2,1-2H3/t18-,19-,20+,21-/m1/s1. The van der Waals surface area contributed by atoms with Crippen LogP contribution in [-0.4, -0.2) is 10.7 Å². The first-order valence-corrected chi connectivity index (χ1v) is 8.70. The van der Waals surface area contributed by atoms with Crippen LogP contribution in [0.4, 0.5) is 0 Å². The Hall–Kier alpha value is -1.64. The van der Waals surface area contributed by atoms with E-state index >= 15 is 0 Å². The van der Waals surface area contributed by atoms with Gasteiger partial charge >= 0.3 is 0 Å². The van der Waals surface area contributed by atoms with Gasteiger partial charge in [0.1, 0.15) is 0 Å². The molecule has 122 valence electrons. The zero-order valence-corrected chi connectivity index (χ0v) is 14.1. The average Bonchev–Trinajstić information content (AvgIpc) is 2.58. The van der Waals surface area contributed by atoms with Crippen LogP contribution in [0.25, 0.3) is 0 Å². The van der Waals surface area contributed by atoms with Gasteiger partial charge in [0.2, 0.25) is 0 Å². The molecule has 1 saturated heterocycles. The molecule has 2 nitrogen and oxygen atoms in total. The van der Waals surface area contributed by atoms with Crippen molar-refractivity contribution in [2.45, 2.75) is 50.8 Å². The van der Waals surface area contributed by atoms with Crippen LogP contribution in [0.5, 0.6) is 0 Å². The van der Waals surface area contributed by atoms with E-state index < -0.39 is 5.60 Å². The SMILES string of the molecule is CCC[C@@H]1[C@H](c2ccccc2)N[C@@H](c2ccccc2)C[C@@]1(C)O. The minimum absolute atomic E-state index is 0.185. The highest BCUT2D eigenvalue weighted by molar-refractivity contribution is 5.26. The Morgan fingerprint density at radius 2 is 1.57 bits per heavy atom. The normalized spacial score (nSPS) is 31.0. The third-order valence-electron chi connectivity index (χ3n) is 5.16. The van der Waals surface area contributed by atoms with Crippen LogP contribution >= 0.6 is 0 Å². The van der Waals surface area contributed by atoms with E-state index in [-0.39, 0.29) is 18.0 Å². The monoisotopic (exact) mass is 309 g/mol.